The van der Waals surface area contributed by atoms with Gasteiger partial charge in [0.15, 0.2) is 6.61 Å². The molecule has 7 heteroatoms. The number of benzene rings is 1. The van der Waals surface area contributed by atoms with Crippen molar-refractivity contribution in [1.29, 1.82) is 0 Å². The minimum absolute atomic E-state index is 0.0346. The molecule has 2 rings (SSSR count). The van der Waals surface area contributed by atoms with E-state index >= 15 is 0 Å². The fourth-order valence-electron chi connectivity index (χ4n) is 2.44. The number of halogens is 1. The molecule has 1 aromatic carbocycles. The molecular weight excluding hydrogens is 332 g/mol. The van der Waals surface area contributed by atoms with Crippen LogP contribution in [-0.2, 0) is 25.7 Å². The predicted octanol–water partition coefficient (Wildman–Crippen LogP) is 1.90. The van der Waals surface area contributed by atoms with Gasteiger partial charge in [0.05, 0.1) is 0 Å². The number of hydrogen-bond acceptors (Lipinski definition) is 4. The summed E-state index contributed by atoms with van der Waals surface area (Å²) in [5, 5.41) is 3.20. The quantitative estimate of drug-likeness (QED) is 0.793. The molecule has 6 nitrogen and oxygen atoms in total. The Bertz CT molecular complexity index is 606. The maximum Gasteiger partial charge on any atom is 0.326 e. The van der Waals surface area contributed by atoms with Crippen LogP contribution in [0.4, 0.5) is 0 Å². The Labute approximate surface area is 146 Å². The van der Waals surface area contributed by atoms with Crippen LogP contribution in [0.1, 0.15) is 31.2 Å². The lowest BCUT2D eigenvalue weighted by atomic mass is 10.2. The van der Waals surface area contributed by atoms with Crippen molar-refractivity contribution in [3.8, 4) is 0 Å². The minimum atomic E-state index is -0.571. The zero-order valence-corrected chi connectivity index (χ0v) is 14.2. The average Bonchev–Trinajstić information content (AvgIpc) is 2.77. The smallest absolute Gasteiger partial charge is 0.326 e. The zero-order valence-electron chi connectivity index (χ0n) is 13.4. The second-order valence-electron chi connectivity index (χ2n) is 5.65. The standard InChI is InChI=1S/C17H21ClN2O4/c18-14-7-4-3-6-13(14)10-19-15(21)12-24-17(23)11-20-9-5-1-2-8-16(20)22/h3-4,6-7H,1-2,5,8-12H2,(H,19,21). The highest BCUT2D eigenvalue weighted by molar-refractivity contribution is 6.31. The fourth-order valence-corrected chi connectivity index (χ4v) is 2.64. The molecule has 0 spiro atoms. The predicted molar refractivity (Wildman–Crippen MR) is 89.3 cm³/mol. The summed E-state index contributed by atoms with van der Waals surface area (Å²) in [5.41, 5.74) is 0.786. The maximum absolute atomic E-state index is 11.8. The normalized spacial score (nSPS) is 14.9. The highest BCUT2D eigenvalue weighted by atomic mass is 35.5. The number of carbonyl (C=O) groups is 3. The molecule has 1 aliphatic rings. The minimum Gasteiger partial charge on any atom is -0.454 e. The van der Waals surface area contributed by atoms with Crippen LogP contribution in [0.5, 0.6) is 0 Å². The van der Waals surface area contributed by atoms with Crippen molar-refractivity contribution >= 4 is 29.4 Å². The first kappa shape index (κ1) is 18.3. The molecule has 1 fully saturated rings. The second kappa shape index (κ2) is 9.27. The van der Waals surface area contributed by atoms with Crippen molar-refractivity contribution < 1.29 is 19.1 Å². The van der Waals surface area contributed by atoms with Gasteiger partial charge in [-0.1, -0.05) is 36.2 Å². The van der Waals surface area contributed by atoms with Gasteiger partial charge in [0.2, 0.25) is 5.91 Å². The van der Waals surface area contributed by atoms with Gasteiger partial charge in [-0.2, -0.15) is 0 Å². The number of hydrogen-bond donors (Lipinski definition) is 1. The molecule has 1 saturated heterocycles. The van der Waals surface area contributed by atoms with Crippen molar-refractivity contribution in [3.63, 3.8) is 0 Å². The third-order valence-electron chi connectivity index (χ3n) is 3.79. The van der Waals surface area contributed by atoms with Crippen LogP contribution in [0.2, 0.25) is 5.02 Å². The SMILES string of the molecule is O=C(COC(=O)CN1CCCCCC1=O)NCc1ccccc1Cl. The monoisotopic (exact) mass is 352 g/mol. The summed E-state index contributed by atoms with van der Waals surface area (Å²) >= 11 is 6.00. The van der Waals surface area contributed by atoms with Crippen LogP contribution < -0.4 is 5.32 Å². The number of esters is 1. The van der Waals surface area contributed by atoms with E-state index in [0.717, 1.165) is 24.8 Å². The molecule has 0 bridgehead atoms. The topological polar surface area (TPSA) is 75.7 Å². The molecular formula is C17H21ClN2O4. The summed E-state index contributed by atoms with van der Waals surface area (Å²) < 4.78 is 4.94. The molecule has 0 aromatic heterocycles. The van der Waals surface area contributed by atoms with Crippen molar-refractivity contribution in [2.75, 3.05) is 19.7 Å². The van der Waals surface area contributed by atoms with E-state index in [1.165, 1.54) is 4.90 Å². The summed E-state index contributed by atoms with van der Waals surface area (Å²) in [4.78, 5) is 36.8. The lowest BCUT2D eigenvalue weighted by Crippen LogP contribution is -2.37. The van der Waals surface area contributed by atoms with Gasteiger partial charge in [0, 0.05) is 24.5 Å². The largest absolute Gasteiger partial charge is 0.454 e. The molecule has 1 aliphatic heterocycles. The molecule has 0 unspecified atom stereocenters. The van der Waals surface area contributed by atoms with Crippen LogP contribution >= 0.6 is 11.6 Å². The number of nitrogens with zero attached hydrogens (tertiary/aromatic N) is 1. The number of likely N-dealkylation sites (tertiary alicyclic amines) is 1. The van der Waals surface area contributed by atoms with Crippen LogP contribution in [0.25, 0.3) is 0 Å². The van der Waals surface area contributed by atoms with E-state index in [0.29, 0.717) is 18.0 Å². The van der Waals surface area contributed by atoms with E-state index in [9.17, 15) is 14.4 Å². The number of amides is 2. The number of rotatable bonds is 6. The molecule has 1 heterocycles. The molecule has 130 valence electrons. The molecule has 0 aliphatic carbocycles. The Kier molecular flexibility index (Phi) is 7.06. The Morgan fingerprint density at radius 1 is 1.21 bits per heavy atom. The first-order valence-electron chi connectivity index (χ1n) is 8.00. The lowest BCUT2D eigenvalue weighted by molar-refractivity contribution is -0.152. The van der Waals surface area contributed by atoms with E-state index in [2.05, 4.69) is 5.32 Å². The molecule has 2 amide bonds. The fraction of sp³-hybridized carbons (Fsp3) is 0.471. The Hall–Kier alpha value is -2.08. The first-order valence-corrected chi connectivity index (χ1v) is 8.37. The van der Waals surface area contributed by atoms with Crippen LogP contribution in [0, 0.1) is 0 Å². The van der Waals surface area contributed by atoms with E-state index in [1.54, 1.807) is 18.2 Å². The zero-order chi connectivity index (χ0) is 17.4. The molecule has 0 radical (unpaired) electrons. The summed E-state index contributed by atoms with van der Waals surface area (Å²) in [6.45, 7) is 0.356. The molecule has 24 heavy (non-hydrogen) atoms. The Morgan fingerprint density at radius 3 is 2.79 bits per heavy atom. The number of carbonyl (C=O) groups excluding carboxylic acids is 3. The van der Waals surface area contributed by atoms with Gasteiger partial charge in [-0.15, -0.1) is 0 Å². The molecule has 1 N–H and O–H groups in total. The molecule has 1 aromatic rings. The van der Waals surface area contributed by atoms with Gasteiger partial charge in [-0.05, 0) is 24.5 Å². The van der Waals surface area contributed by atoms with E-state index in [1.807, 2.05) is 6.07 Å². The summed E-state index contributed by atoms with van der Waals surface area (Å²) in [6, 6.07) is 7.17. The second-order valence-corrected chi connectivity index (χ2v) is 6.06. The summed E-state index contributed by atoms with van der Waals surface area (Å²) in [7, 11) is 0. The van der Waals surface area contributed by atoms with Crippen molar-refractivity contribution in [2.24, 2.45) is 0 Å². The first-order chi connectivity index (χ1) is 11.6. The van der Waals surface area contributed by atoms with Gasteiger partial charge in [0.25, 0.3) is 5.91 Å². The lowest BCUT2D eigenvalue weighted by Gasteiger charge is -2.19. The van der Waals surface area contributed by atoms with E-state index < -0.39 is 11.9 Å². The van der Waals surface area contributed by atoms with Gasteiger partial charge >= 0.3 is 5.97 Å². The van der Waals surface area contributed by atoms with Crippen LogP contribution in [-0.4, -0.2) is 42.4 Å². The number of ether oxygens (including phenoxy) is 1. The van der Waals surface area contributed by atoms with Gasteiger partial charge in [-0.25, -0.2) is 0 Å². The summed E-state index contributed by atoms with van der Waals surface area (Å²) in [6.07, 6.45) is 3.19. The van der Waals surface area contributed by atoms with Crippen molar-refractivity contribution in [2.45, 2.75) is 32.2 Å². The van der Waals surface area contributed by atoms with Gasteiger partial charge < -0.3 is 15.0 Å². The highest BCUT2D eigenvalue weighted by Gasteiger charge is 2.20. The highest BCUT2D eigenvalue weighted by Crippen LogP contribution is 2.14. The van der Waals surface area contributed by atoms with Gasteiger partial charge in [0.1, 0.15) is 6.54 Å². The van der Waals surface area contributed by atoms with E-state index in [-0.39, 0.29) is 25.6 Å². The third kappa shape index (κ3) is 5.85. The van der Waals surface area contributed by atoms with Crippen LogP contribution in [0.3, 0.4) is 0 Å². The molecule has 0 atom stereocenters. The van der Waals surface area contributed by atoms with Crippen LogP contribution in [0.15, 0.2) is 24.3 Å². The van der Waals surface area contributed by atoms with Gasteiger partial charge in [-0.3, -0.25) is 14.4 Å². The summed E-state index contributed by atoms with van der Waals surface area (Å²) in [5.74, 6) is -1.02. The maximum atomic E-state index is 11.8. The van der Waals surface area contributed by atoms with E-state index in [4.69, 9.17) is 16.3 Å². The Morgan fingerprint density at radius 2 is 2.00 bits per heavy atom. The Balaban J connectivity index is 1.70. The molecule has 0 saturated carbocycles. The number of nitrogens with one attached hydrogen (secondary N) is 1. The third-order valence-corrected chi connectivity index (χ3v) is 4.16. The average molecular weight is 353 g/mol. The van der Waals surface area contributed by atoms with Crippen molar-refractivity contribution in [1.82, 2.24) is 10.2 Å². The van der Waals surface area contributed by atoms with Crippen molar-refractivity contribution in [3.05, 3.63) is 34.9 Å².